The quantitative estimate of drug-likeness (QED) is 0.0162. The van der Waals surface area contributed by atoms with Gasteiger partial charge in [-0.05, 0) is 89.1 Å². The van der Waals surface area contributed by atoms with Gasteiger partial charge in [-0.15, -0.1) is 11.8 Å². The predicted octanol–water partition coefficient (Wildman–Crippen LogP) is 2.01. The SMILES string of the molecule is CC(=O)N[C@H]1[C@H]([C@H](O)[C@H](O)CNC(=O)c2ccc(-c3ccccc3)cc2)O[C@](C=O)(OCCCSCNC(=O)c2cccc(C(=O)NCCSCCCO[C@]3(C(=O)O)C[C@H](O)[C@@H](NC(C)=O)[C@H]([C@H](O)[C@H](O)CNC(=O)c4ccc(-c5ccccc5)cc4)O3)c2)C[C@@H]1O. The lowest BCUT2D eigenvalue weighted by Gasteiger charge is -2.46. The van der Waals surface area contributed by atoms with Crippen LogP contribution < -0.4 is 31.9 Å². The van der Waals surface area contributed by atoms with E-state index < -0.39 is 140 Å². The number of aldehydes is 1. The molecule has 13 N–H and O–H groups in total. The number of carbonyl (C=O) groups excluding carboxylic acids is 7. The molecule has 0 radical (unpaired) electrons. The number of thioether (sulfide) groups is 2. The summed E-state index contributed by atoms with van der Waals surface area (Å²) >= 11 is 2.73. The minimum atomic E-state index is -2.50. The highest BCUT2D eigenvalue weighted by Crippen LogP contribution is 2.35. The average molecular weight is 1310 g/mol. The molecule has 2 saturated heterocycles. The van der Waals surface area contributed by atoms with Gasteiger partial charge in [-0.2, -0.15) is 11.8 Å². The summed E-state index contributed by atoms with van der Waals surface area (Å²) in [7, 11) is 0. The van der Waals surface area contributed by atoms with Crippen LogP contribution in [-0.4, -0.2) is 212 Å². The average Bonchev–Trinajstić information content (AvgIpc) is 0.789. The number of nitrogens with one attached hydrogen (secondary N) is 6. The van der Waals surface area contributed by atoms with E-state index in [1.165, 1.54) is 36.5 Å². The molecule has 0 aromatic heterocycles. The summed E-state index contributed by atoms with van der Waals surface area (Å²) in [4.78, 5) is 102. The topological polar surface area (TPSA) is 387 Å². The smallest absolute Gasteiger partial charge is 0.364 e. The number of aliphatic hydroxyl groups is 6. The van der Waals surface area contributed by atoms with E-state index in [4.69, 9.17) is 18.9 Å². The number of aliphatic hydroxyl groups excluding tert-OH is 6. The van der Waals surface area contributed by atoms with E-state index in [1.54, 1.807) is 66.7 Å². The number of carbonyl (C=O) groups is 8. The van der Waals surface area contributed by atoms with E-state index in [0.717, 1.165) is 29.2 Å². The van der Waals surface area contributed by atoms with E-state index in [0.29, 0.717) is 35.5 Å². The minimum absolute atomic E-state index is 0.0797. The zero-order valence-corrected chi connectivity index (χ0v) is 52.2. The molecular weight excluding hydrogens is 1230 g/mol. The van der Waals surface area contributed by atoms with Gasteiger partial charge in [-0.3, -0.25) is 33.6 Å². The Labute approximate surface area is 539 Å². The molecule has 2 heterocycles. The number of benzene rings is 5. The molecule has 5 aromatic rings. The number of hydrogen-bond acceptors (Lipinski definition) is 20. The Kier molecular flexibility index (Phi) is 27.2. The highest BCUT2D eigenvalue weighted by molar-refractivity contribution is 7.99. The third-order valence-electron chi connectivity index (χ3n) is 15.1. The molecule has 92 heavy (non-hydrogen) atoms. The second-order valence-electron chi connectivity index (χ2n) is 22.0. The number of carboxylic acid groups (broad SMARTS) is 1. The summed E-state index contributed by atoms with van der Waals surface area (Å²) in [5, 5.41) is 92.9. The van der Waals surface area contributed by atoms with Crippen molar-refractivity contribution in [3.63, 3.8) is 0 Å². The highest BCUT2D eigenvalue weighted by Gasteiger charge is 2.56. The van der Waals surface area contributed by atoms with Crippen molar-refractivity contribution in [1.29, 1.82) is 0 Å². The molecule has 5 aromatic carbocycles. The van der Waals surface area contributed by atoms with Crippen LogP contribution in [0.25, 0.3) is 22.3 Å². The van der Waals surface area contributed by atoms with Gasteiger partial charge in [0.15, 0.2) is 6.29 Å². The van der Waals surface area contributed by atoms with Crippen LogP contribution >= 0.6 is 23.5 Å². The molecule has 2 fully saturated rings. The molecule has 0 saturated carbocycles. The van der Waals surface area contributed by atoms with Crippen molar-refractivity contribution in [2.45, 2.75) is 112 Å². The Bertz CT molecular complexity index is 3270. The summed E-state index contributed by atoms with van der Waals surface area (Å²) in [6.45, 7) is 1.31. The maximum absolute atomic E-state index is 13.1. The second-order valence-corrected chi connectivity index (χ2v) is 24.3. The number of aliphatic carboxylic acids is 1. The molecule has 0 bridgehead atoms. The highest BCUT2D eigenvalue weighted by atomic mass is 32.2. The summed E-state index contributed by atoms with van der Waals surface area (Å²) in [5.74, 6) is -8.02. The molecule has 12 atom stereocenters. The third kappa shape index (κ3) is 20.2. The van der Waals surface area contributed by atoms with Crippen molar-refractivity contribution in [2.75, 3.05) is 56.0 Å². The van der Waals surface area contributed by atoms with Gasteiger partial charge in [0.05, 0.1) is 55.6 Å². The first-order chi connectivity index (χ1) is 44.1. The van der Waals surface area contributed by atoms with Crippen molar-refractivity contribution in [1.82, 2.24) is 31.9 Å². The molecule has 27 heteroatoms. The lowest BCUT2D eigenvalue weighted by Crippen LogP contribution is -2.68. The Morgan fingerprint density at radius 3 is 1.48 bits per heavy atom. The maximum Gasteiger partial charge on any atom is 0.364 e. The molecule has 2 aliphatic rings. The number of ether oxygens (including phenoxy) is 4. The number of hydrogen-bond donors (Lipinski definition) is 13. The van der Waals surface area contributed by atoms with Gasteiger partial charge in [0, 0.05) is 74.3 Å². The van der Waals surface area contributed by atoms with E-state index in [9.17, 15) is 74.1 Å². The Morgan fingerprint density at radius 1 is 0.543 bits per heavy atom. The van der Waals surface area contributed by atoms with Gasteiger partial charge >= 0.3 is 5.97 Å². The van der Waals surface area contributed by atoms with Gasteiger partial charge in [0.1, 0.15) is 24.4 Å². The van der Waals surface area contributed by atoms with E-state index in [2.05, 4.69) is 31.9 Å². The second kappa shape index (κ2) is 34.9. The molecule has 0 aliphatic carbocycles. The van der Waals surface area contributed by atoms with Gasteiger partial charge in [-0.1, -0.05) is 91.0 Å². The molecule has 25 nitrogen and oxygen atoms in total. The van der Waals surface area contributed by atoms with E-state index in [-0.39, 0.29) is 48.7 Å². The number of rotatable bonds is 33. The van der Waals surface area contributed by atoms with Crippen LogP contribution in [0, 0.1) is 0 Å². The normalized spacial score (nSPS) is 22.5. The summed E-state index contributed by atoms with van der Waals surface area (Å²) < 4.78 is 23.4. The van der Waals surface area contributed by atoms with Crippen LogP contribution in [0.5, 0.6) is 0 Å². The van der Waals surface area contributed by atoms with Crippen LogP contribution in [0.1, 0.15) is 81.0 Å². The standard InChI is InChI=1S/C65H78N6O19S2/c1-39(73)70-53-49(75)33-64(37-72,89-57(53)55(79)51(77)35-67-59(81)45-22-18-43(19-23-45)41-12-5-3-6-13-41)87-27-10-30-92-38-69-62(84)48-17-9-16-47(32-48)61(83)66-26-31-91-29-11-28-88-65(63(85)86)34-50(76)54(71-40(2)74)58(90-65)56(80)52(78)36-68-60(82)46-24-20-44(21-25-46)42-14-7-4-8-15-42/h3-9,12-25,32,37,49-58,75-80H,10-11,26-31,33-36,38H2,1-2H3,(H,66,83)(H,67,81)(H,68,82)(H,69,84)(H,70,73)(H,71,74)(H,85,86)/t49-,50-,51+,52+,53+,54+,55+,56+,57+,58+,64+,65+/m0/s1. The predicted molar refractivity (Wildman–Crippen MR) is 340 cm³/mol. The third-order valence-corrected chi connectivity index (χ3v) is 17.1. The molecule has 2 aliphatic heterocycles. The zero-order valence-electron chi connectivity index (χ0n) is 50.6. The first-order valence-electron chi connectivity index (χ1n) is 29.8. The van der Waals surface area contributed by atoms with Crippen molar-refractivity contribution < 1.29 is 93.0 Å². The monoisotopic (exact) mass is 1310 g/mol. The van der Waals surface area contributed by atoms with Gasteiger partial charge in [0.25, 0.3) is 29.4 Å². The molecule has 494 valence electrons. The van der Waals surface area contributed by atoms with Crippen molar-refractivity contribution in [3.8, 4) is 22.3 Å². The van der Waals surface area contributed by atoms with Gasteiger partial charge in [0.2, 0.25) is 17.6 Å². The molecule has 0 spiro atoms. The van der Waals surface area contributed by atoms with Crippen LogP contribution in [-0.2, 0) is 38.1 Å². The van der Waals surface area contributed by atoms with E-state index >= 15 is 0 Å². The molecular formula is C65H78N6O19S2. The van der Waals surface area contributed by atoms with Gasteiger partial charge in [-0.25, -0.2) is 4.79 Å². The van der Waals surface area contributed by atoms with Crippen LogP contribution in [0.15, 0.2) is 133 Å². The summed E-state index contributed by atoms with van der Waals surface area (Å²) in [6.07, 6.45) is -13.7. The Morgan fingerprint density at radius 2 is 0.989 bits per heavy atom. The zero-order chi connectivity index (χ0) is 66.4. The number of amides is 6. The fourth-order valence-electron chi connectivity index (χ4n) is 10.3. The van der Waals surface area contributed by atoms with E-state index in [1.807, 2.05) is 60.7 Å². The minimum Gasteiger partial charge on any atom is -0.477 e. The molecule has 0 unspecified atom stereocenters. The van der Waals surface area contributed by atoms with Crippen LogP contribution in [0.4, 0.5) is 0 Å². The summed E-state index contributed by atoms with van der Waals surface area (Å²) in [6, 6.07) is 35.9. The Hall–Kier alpha value is -7.64. The number of carboxylic acids is 1. The lowest BCUT2D eigenvalue weighted by atomic mass is 9.88. The first kappa shape index (κ1) is 71.8. The van der Waals surface area contributed by atoms with Crippen molar-refractivity contribution in [2.24, 2.45) is 0 Å². The van der Waals surface area contributed by atoms with Crippen molar-refractivity contribution >= 4 is 71.2 Å². The van der Waals surface area contributed by atoms with Crippen LogP contribution in [0.3, 0.4) is 0 Å². The fraction of sp³-hybridized carbons (Fsp3) is 0.415. The maximum atomic E-state index is 13.1. The first-order valence-corrected chi connectivity index (χ1v) is 32.1. The molecule has 6 amide bonds. The largest absolute Gasteiger partial charge is 0.477 e. The Balaban J connectivity index is 0.790. The fourth-order valence-corrected chi connectivity index (χ4v) is 11.8. The summed E-state index contributed by atoms with van der Waals surface area (Å²) in [5.41, 5.74) is 4.65. The lowest BCUT2D eigenvalue weighted by molar-refractivity contribution is -0.310. The molecule has 7 rings (SSSR count). The van der Waals surface area contributed by atoms with Gasteiger partial charge < -0.3 is 86.6 Å². The van der Waals surface area contributed by atoms with Crippen LogP contribution in [0.2, 0.25) is 0 Å². The van der Waals surface area contributed by atoms with Crippen molar-refractivity contribution in [3.05, 3.63) is 156 Å².